The van der Waals surface area contributed by atoms with Gasteiger partial charge in [0.2, 0.25) is 4.77 Å². The van der Waals surface area contributed by atoms with Gasteiger partial charge in [-0.05, 0) is 18.3 Å². The summed E-state index contributed by atoms with van der Waals surface area (Å²) in [4.78, 5) is 0. The third-order valence-electron chi connectivity index (χ3n) is 2.90. The minimum atomic E-state index is 0.428. The van der Waals surface area contributed by atoms with Crippen LogP contribution in [0, 0.1) is 4.77 Å². The van der Waals surface area contributed by atoms with Crippen molar-refractivity contribution in [2.45, 2.75) is 0 Å². The number of hydrogen-bond donors (Lipinski definition) is 1. The van der Waals surface area contributed by atoms with E-state index in [1.54, 1.807) is 10.9 Å². The zero-order valence-electron chi connectivity index (χ0n) is 10.9. The fourth-order valence-corrected chi connectivity index (χ4v) is 2.24. The van der Waals surface area contributed by atoms with E-state index in [9.17, 15) is 0 Å². The van der Waals surface area contributed by atoms with Crippen LogP contribution in [-0.4, -0.2) is 21.1 Å². The molecule has 0 fully saturated rings. The van der Waals surface area contributed by atoms with Crippen LogP contribution in [0.3, 0.4) is 0 Å². The minimum absolute atomic E-state index is 0.428. The van der Waals surface area contributed by atoms with E-state index in [1.807, 2.05) is 54.6 Å². The molecular weight excluding hydrogens is 304 g/mol. The Morgan fingerprint density at radius 3 is 2.57 bits per heavy atom. The molecule has 3 aromatic rings. The fourth-order valence-electron chi connectivity index (χ4n) is 1.87. The molecule has 1 N–H and O–H groups in total. The first-order chi connectivity index (χ1) is 10.3. The van der Waals surface area contributed by atoms with E-state index >= 15 is 0 Å². The molecule has 0 aliphatic heterocycles. The molecule has 0 unspecified atom stereocenters. The molecule has 0 aliphatic rings. The molecule has 0 amide bonds. The summed E-state index contributed by atoms with van der Waals surface area (Å²) in [6, 6.07) is 17.2. The van der Waals surface area contributed by atoms with Crippen molar-refractivity contribution in [3.8, 4) is 11.4 Å². The van der Waals surface area contributed by atoms with Crippen molar-refractivity contribution in [3.63, 3.8) is 0 Å². The number of aromatic nitrogens is 3. The Balaban J connectivity index is 2.02. The Labute approximate surface area is 131 Å². The van der Waals surface area contributed by atoms with Crippen LogP contribution in [0.1, 0.15) is 5.56 Å². The van der Waals surface area contributed by atoms with Gasteiger partial charge in [-0.3, -0.25) is 0 Å². The summed E-state index contributed by atoms with van der Waals surface area (Å²) >= 11 is 11.3. The highest BCUT2D eigenvalue weighted by molar-refractivity contribution is 7.71. The summed E-state index contributed by atoms with van der Waals surface area (Å²) in [5.74, 6) is 0.656. The van der Waals surface area contributed by atoms with Crippen LogP contribution in [0.25, 0.3) is 11.4 Å². The molecule has 0 radical (unpaired) electrons. The van der Waals surface area contributed by atoms with Gasteiger partial charge >= 0.3 is 0 Å². The lowest BCUT2D eigenvalue weighted by Crippen LogP contribution is -1.95. The molecule has 0 aliphatic carbocycles. The van der Waals surface area contributed by atoms with Gasteiger partial charge in [0.25, 0.3) is 0 Å². The maximum Gasteiger partial charge on any atom is 0.216 e. The van der Waals surface area contributed by atoms with Crippen molar-refractivity contribution < 1.29 is 0 Å². The molecule has 3 rings (SSSR count). The molecule has 104 valence electrons. The topological polar surface area (TPSA) is 46.0 Å². The van der Waals surface area contributed by atoms with E-state index < -0.39 is 0 Å². The number of benzene rings is 2. The summed E-state index contributed by atoms with van der Waals surface area (Å²) in [5.41, 5.74) is 1.75. The molecule has 0 saturated carbocycles. The van der Waals surface area contributed by atoms with Crippen molar-refractivity contribution in [1.29, 1.82) is 0 Å². The summed E-state index contributed by atoms with van der Waals surface area (Å²) in [7, 11) is 0. The van der Waals surface area contributed by atoms with Gasteiger partial charge in [-0.1, -0.05) is 60.1 Å². The monoisotopic (exact) mass is 314 g/mol. The largest absolute Gasteiger partial charge is 0.250 e. The lowest BCUT2D eigenvalue weighted by molar-refractivity contribution is 0.871. The smallest absolute Gasteiger partial charge is 0.216 e. The molecule has 21 heavy (non-hydrogen) atoms. The van der Waals surface area contributed by atoms with E-state index in [0.29, 0.717) is 15.6 Å². The molecule has 6 heteroatoms. The highest BCUT2D eigenvalue weighted by Crippen LogP contribution is 2.17. The zero-order valence-corrected chi connectivity index (χ0v) is 12.5. The Hall–Kier alpha value is -2.24. The second kappa shape index (κ2) is 6.03. The normalized spacial score (nSPS) is 11.1. The van der Waals surface area contributed by atoms with Gasteiger partial charge in [0.1, 0.15) is 0 Å². The summed E-state index contributed by atoms with van der Waals surface area (Å²) in [6.45, 7) is 0. The Morgan fingerprint density at radius 2 is 1.81 bits per heavy atom. The number of nitrogens with zero attached hydrogens (tertiary/aromatic N) is 3. The van der Waals surface area contributed by atoms with E-state index in [4.69, 9.17) is 23.8 Å². The maximum atomic E-state index is 6.11. The number of aromatic amines is 1. The lowest BCUT2D eigenvalue weighted by Gasteiger charge is -2.01. The van der Waals surface area contributed by atoms with Gasteiger partial charge < -0.3 is 0 Å². The minimum Gasteiger partial charge on any atom is -0.250 e. The van der Waals surface area contributed by atoms with Crippen molar-refractivity contribution in [2.24, 2.45) is 5.10 Å². The van der Waals surface area contributed by atoms with Crippen LogP contribution in [0.2, 0.25) is 5.02 Å². The van der Waals surface area contributed by atoms with E-state index in [2.05, 4.69) is 15.3 Å². The van der Waals surface area contributed by atoms with E-state index in [0.717, 1.165) is 11.1 Å². The predicted octanol–water partition coefficient (Wildman–Crippen LogP) is 4.14. The molecule has 2 aromatic carbocycles. The van der Waals surface area contributed by atoms with Crippen LogP contribution in [0.15, 0.2) is 59.7 Å². The highest BCUT2D eigenvalue weighted by atomic mass is 35.5. The molecule has 4 nitrogen and oxygen atoms in total. The molecule has 1 heterocycles. The summed E-state index contributed by atoms with van der Waals surface area (Å²) < 4.78 is 2.01. The number of rotatable bonds is 3. The van der Waals surface area contributed by atoms with Crippen LogP contribution in [0.5, 0.6) is 0 Å². The van der Waals surface area contributed by atoms with Gasteiger partial charge in [0.15, 0.2) is 5.82 Å². The fraction of sp³-hybridized carbons (Fsp3) is 0. The molecule has 0 saturated heterocycles. The van der Waals surface area contributed by atoms with Crippen molar-refractivity contribution >= 4 is 30.0 Å². The van der Waals surface area contributed by atoms with Gasteiger partial charge in [-0.15, -0.1) is 0 Å². The number of H-pyrrole nitrogens is 1. The maximum absolute atomic E-state index is 6.11. The zero-order chi connectivity index (χ0) is 14.7. The first kappa shape index (κ1) is 13.7. The average Bonchev–Trinajstić information content (AvgIpc) is 2.88. The first-order valence-electron chi connectivity index (χ1n) is 6.27. The predicted molar refractivity (Wildman–Crippen MR) is 87.3 cm³/mol. The Bertz CT molecular complexity index is 836. The van der Waals surface area contributed by atoms with Crippen molar-refractivity contribution in [3.05, 3.63) is 70.0 Å². The highest BCUT2D eigenvalue weighted by Gasteiger charge is 2.07. The van der Waals surface area contributed by atoms with E-state index in [1.165, 1.54) is 0 Å². The van der Waals surface area contributed by atoms with Crippen LogP contribution in [0.4, 0.5) is 0 Å². The second-order valence-electron chi connectivity index (χ2n) is 4.30. The standard InChI is InChI=1S/C15H11ClN4S/c16-13-9-5-4-8-12(13)10-17-20-14(18-19-15(20)21)11-6-2-1-3-7-11/h1-10H,(H,19,21)/b17-10-. The second-order valence-corrected chi connectivity index (χ2v) is 5.09. The van der Waals surface area contributed by atoms with E-state index in [-0.39, 0.29) is 0 Å². The molecule has 0 spiro atoms. The van der Waals surface area contributed by atoms with Crippen LogP contribution >= 0.6 is 23.8 Å². The third-order valence-corrected chi connectivity index (χ3v) is 3.51. The quantitative estimate of drug-likeness (QED) is 0.583. The Kier molecular flexibility index (Phi) is 3.94. The first-order valence-corrected chi connectivity index (χ1v) is 7.06. The molecular formula is C15H11ClN4S. The summed E-state index contributed by atoms with van der Waals surface area (Å²) in [6.07, 6.45) is 1.67. The SMILES string of the molecule is S=c1[nH]nc(-c2ccccc2)n1/N=C\c1ccccc1Cl. The molecule has 1 aromatic heterocycles. The van der Waals surface area contributed by atoms with Crippen molar-refractivity contribution in [1.82, 2.24) is 14.9 Å². The average molecular weight is 315 g/mol. The molecule has 0 bridgehead atoms. The van der Waals surface area contributed by atoms with Gasteiger partial charge in [-0.2, -0.15) is 14.9 Å². The van der Waals surface area contributed by atoms with Gasteiger partial charge in [0.05, 0.1) is 6.21 Å². The number of hydrogen-bond acceptors (Lipinski definition) is 3. The van der Waals surface area contributed by atoms with Gasteiger partial charge in [-0.25, -0.2) is 5.10 Å². The Morgan fingerprint density at radius 1 is 1.10 bits per heavy atom. The number of halogens is 1. The van der Waals surface area contributed by atoms with Crippen molar-refractivity contribution in [2.75, 3.05) is 0 Å². The summed E-state index contributed by atoms with van der Waals surface area (Å²) in [5, 5.41) is 12.0. The van der Waals surface area contributed by atoms with Crippen LogP contribution in [-0.2, 0) is 0 Å². The molecule has 0 atom stereocenters. The number of nitrogens with one attached hydrogen (secondary N) is 1. The lowest BCUT2D eigenvalue weighted by atomic mass is 10.2. The van der Waals surface area contributed by atoms with Gasteiger partial charge in [0, 0.05) is 16.1 Å². The van der Waals surface area contributed by atoms with Crippen LogP contribution < -0.4 is 0 Å². The third kappa shape index (κ3) is 2.94.